The molecule has 1 aliphatic heterocycles. The second kappa shape index (κ2) is 6.78. The molecule has 11 heteroatoms. The van der Waals surface area contributed by atoms with Gasteiger partial charge in [0.2, 0.25) is 0 Å². The van der Waals surface area contributed by atoms with Gasteiger partial charge in [0.1, 0.15) is 0 Å². The number of hydrogen-bond acceptors (Lipinski definition) is 5. The molecule has 5 nitrogen and oxygen atoms in total. The Morgan fingerprint density at radius 1 is 1.39 bits per heavy atom. The van der Waals surface area contributed by atoms with Crippen LogP contribution in [0.4, 0.5) is 13.2 Å². The van der Waals surface area contributed by atoms with E-state index in [1.807, 2.05) is 0 Å². The van der Waals surface area contributed by atoms with E-state index in [4.69, 9.17) is 11.6 Å². The molecule has 3 heterocycles. The molecule has 3 aromatic rings. The summed E-state index contributed by atoms with van der Waals surface area (Å²) in [6.07, 6.45) is -2.98. The molecule has 28 heavy (non-hydrogen) atoms. The molecule has 0 fully saturated rings. The van der Waals surface area contributed by atoms with Gasteiger partial charge in [-0.15, -0.1) is 11.3 Å². The summed E-state index contributed by atoms with van der Waals surface area (Å²) >= 11 is 8.51. The zero-order chi connectivity index (χ0) is 20.2. The molecular formula is C17H12ClF3N3O2S2+. The molecule has 2 aromatic heterocycles. The first kappa shape index (κ1) is 19.3. The van der Waals surface area contributed by atoms with Gasteiger partial charge in [-0.25, -0.2) is 9.78 Å². The fourth-order valence-electron chi connectivity index (χ4n) is 3.12. The third-order valence-corrected chi connectivity index (χ3v) is 6.88. The summed E-state index contributed by atoms with van der Waals surface area (Å²) in [6, 6.07) is 4.01. The van der Waals surface area contributed by atoms with Crippen molar-refractivity contribution in [2.24, 2.45) is 7.05 Å². The van der Waals surface area contributed by atoms with Gasteiger partial charge in [-0.05, 0) is 29.5 Å². The van der Waals surface area contributed by atoms with Crippen LogP contribution < -0.4 is 10.1 Å². The smallest absolute Gasteiger partial charge is 0.416 e. The average molecular weight is 447 g/mol. The first-order valence-electron chi connectivity index (χ1n) is 7.97. The van der Waals surface area contributed by atoms with Crippen molar-refractivity contribution in [1.82, 2.24) is 9.55 Å². The van der Waals surface area contributed by atoms with Crippen LogP contribution in [0.1, 0.15) is 16.5 Å². The zero-order valence-corrected chi connectivity index (χ0v) is 16.6. The minimum Gasteiger partial charge on any atom is -0.477 e. The van der Waals surface area contributed by atoms with Crippen molar-refractivity contribution in [2.75, 3.05) is 5.75 Å². The Morgan fingerprint density at radius 3 is 2.79 bits per heavy atom. The second-order valence-electron chi connectivity index (χ2n) is 6.14. The topological polar surface area (TPSA) is 59.0 Å². The molecule has 0 unspecified atom stereocenters. The number of rotatable bonds is 2. The molecule has 0 spiro atoms. The van der Waals surface area contributed by atoms with Crippen LogP contribution in [0, 0.1) is 0 Å². The minimum atomic E-state index is -4.56. The van der Waals surface area contributed by atoms with E-state index in [0.29, 0.717) is 15.4 Å². The van der Waals surface area contributed by atoms with E-state index in [1.54, 1.807) is 13.2 Å². The molecule has 0 amide bonds. The van der Waals surface area contributed by atoms with Crippen LogP contribution in [0.5, 0.6) is 5.88 Å². The lowest BCUT2D eigenvalue weighted by Crippen LogP contribution is -2.40. The number of hydrogen-bond donors (Lipinski definition) is 1. The number of aromatic hydroxyl groups is 1. The largest absolute Gasteiger partial charge is 0.477 e. The maximum absolute atomic E-state index is 13.2. The highest BCUT2D eigenvalue weighted by Crippen LogP contribution is 2.39. The molecule has 0 radical (unpaired) electrons. The third kappa shape index (κ3) is 3.09. The molecule has 1 atom stereocenters. The van der Waals surface area contributed by atoms with Crippen LogP contribution >= 0.6 is 34.7 Å². The molecule has 4 rings (SSSR count). The van der Waals surface area contributed by atoms with Crippen molar-refractivity contribution < 1.29 is 22.8 Å². The molecule has 146 valence electrons. The van der Waals surface area contributed by atoms with Crippen molar-refractivity contribution in [2.45, 2.75) is 17.4 Å². The SMILES string of the molecule is C[n+]1c(O)c(-c2cccc(C(F)(F)F)c2)c(=O)n2c1SC[C@@H]2c1cnc(Cl)s1. The molecule has 0 saturated heterocycles. The third-order valence-electron chi connectivity index (χ3n) is 4.45. The van der Waals surface area contributed by atoms with E-state index < -0.39 is 17.3 Å². The lowest BCUT2D eigenvalue weighted by Gasteiger charge is -2.12. The van der Waals surface area contributed by atoms with Gasteiger partial charge in [0.15, 0.2) is 16.1 Å². The number of benzene rings is 1. The maximum Gasteiger partial charge on any atom is 0.416 e. The van der Waals surface area contributed by atoms with Gasteiger partial charge in [0, 0.05) is 6.20 Å². The average Bonchev–Trinajstić information content (AvgIpc) is 3.26. The Balaban J connectivity index is 1.94. The second-order valence-corrected chi connectivity index (χ2v) is 8.77. The Bertz CT molecular complexity index is 1140. The fraction of sp³-hybridized carbons (Fsp3) is 0.235. The summed E-state index contributed by atoms with van der Waals surface area (Å²) in [5.74, 6) is 0.138. The molecule has 0 bridgehead atoms. The van der Waals surface area contributed by atoms with Crippen molar-refractivity contribution >= 4 is 34.7 Å². The van der Waals surface area contributed by atoms with Gasteiger partial charge in [-0.1, -0.05) is 23.7 Å². The summed E-state index contributed by atoms with van der Waals surface area (Å²) in [6.45, 7) is 0. The van der Waals surface area contributed by atoms with Crippen LogP contribution in [0.15, 0.2) is 40.4 Å². The molecular weight excluding hydrogens is 435 g/mol. The molecule has 1 N–H and O–H groups in total. The Kier molecular flexibility index (Phi) is 4.67. The molecule has 1 aliphatic rings. The number of thioether (sulfide) groups is 1. The number of aromatic nitrogens is 3. The van der Waals surface area contributed by atoms with Gasteiger partial charge < -0.3 is 5.11 Å². The minimum absolute atomic E-state index is 0.00112. The Labute approximate surface area is 170 Å². The van der Waals surface area contributed by atoms with Crippen molar-refractivity contribution in [3.63, 3.8) is 0 Å². The predicted octanol–water partition coefficient (Wildman–Crippen LogP) is 3.87. The predicted molar refractivity (Wildman–Crippen MR) is 100.0 cm³/mol. The van der Waals surface area contributed by atoms with Crippen molar-refractivity contribution in [3.05, 3.63) is 55.7 Å². The van der Waals surface area contributed by atoms with E-state index in [1.165, 1.54) is 44.4 Å². The number of halogens is 4. The summed E-state index contributed by atoms with van der Waals surface area (Å²) in [4.78, 5) is 18.0. The summed E-state index contributed by atoms with van der Waals surface area (Å²) in [5.41, 5.74) is -1.64. The van der Waals surface area contributed by atoms with Gasteiger partial charge >= 0.3 is 16.9 Å². The lowest BCUT2D eigenvalue weighted by atomic mass is 10.0. The van der Waals surface area contributed by atoms with Crippen LogP contribution in [0.3, 0.4) is 0 Å². The molecule has 0 saturated carbocycles. The maximum atomic E-state index is 13.2. The van der Waals surface area contributed by atoms with Gasteiger partial charge in [-0.3, -0.25) is 0 Å². The quantitative estimate of drug-likeness (QED) is 0.479. The highest BCUT2D eigenvalue weighted by molar-refractivity contribution is 7.99. The standard InChI is InChI=1S/C17H11ClF3N3O2S2/c1-23-13(25)12(8-3-2-4-9(5-8)17(19,20)21)14(26)24-10(7-27-16(23)24)11-6-22-15(18)28-11/h2-6,10H,7H2,1H3/p+1/t10-/m1/s1. The molecule has 0 aliphatic carbocycles. The van der Waals surface area contributed by atoms with E-state index in [9.17, 15) is 23.1 Å². The van der Waals surface area contributed by atoms with E-state index in [-0.39, 0.29) is 23.0 Å². The first-order valence-corrected chi connectivity index (χ1v) is 10.2. The number of alkyl halides is 3. The lowest BCUT2D eigenvalue weighted by molar-refractivity contribution is -0.720. The normalized spacial score (nSPS) is 16.4. The van der Waals surface area contributed by atoms with Crippen molar-refractivity contribution in [1.29, 1.82) is 0 Å². The summed E-state index contributed by atoms with van der Waals surface area (Å²) in [5, 5.41) is 11.1. The van der Waals surface area contributed by atoms with Gasteiger partial charge in [-0.2, -0.15) is 22.3 Å². The number of fused-ring (bicyclic) bond motifs is 1. The highest BCUT2D eigenvalue weighted by Gasteiger charge is 2.40. The monoisotopic (exact) mass is 446 g/mol. The Morgan fingerprint density at radius 2 is 2.14 bits per heavy atom. The number of thiazole rings is 1. The van der Waals surface area contributed by atoms with Crippen LogP contribution in [0.25, 0.3) is 11.1 Å². The number of nitrogens with zero attached hydrogens (tertiary/aromatic N) is 3. The molecule has 1 aromatic carbocycles. The van der Waals surface area contributed by atoms with Gasteiger partial charge in [0.05, 0.1) is 23.2 Å². The van der Waals surface area contributed by atoms with E-state index in [2.05, 4.69) is 4.98 Å². The fourth-order valence-corrected chi connectivity index (χ4v) is 5.54. The van der Waals surface area contributed by atoms with Crippen LogP contribution in [0.2, 0.25) is 4.47 Å². The van der Waals surface area contributed by atoms with Crippen LogP contribution in [-0.2, 0) is 13.2 Å². The highest BCUT2D eigenvalue weighted by atomic mass is 35.5. The van der Waals surface area contributed by atoms with E-state index in [0.717, 1.165) is 17.0 Å². The van der Waals surface area contributed by atoms with Gasteiger partial charge in [0.25, 0.3) is 5.88 Å². The summed E-state index contributed by atoms with van der Waals surface area (Å²) < 4.78 is 42.5. The van der Waals surface area contributed by atoms with Crippen LogP contribution in [-0.4, -0.2) is 20.4 Å². The Hall–Kier alpha value is -2.04. The first-order chi connectivity index (χ1) is 13.2. The summed E-state index contributed by atoms with van der Waals surface area (Å²) in [7, 11) is 1.56. The zero-order valence-electron chi connectivity index (χ0n) is 14.2. The van der Waals surface area contributed by atoms with Crippen molar-refractivity contribution in [3.8, 4) is 17.0 Å². The van der Waals surface area contributed by atoms with E-state index >= 15 is 0 Å².